The van der Waals surface area contributed by atoms with Crippen LogP contribution in [-0.4, -0.2) is 40.6 Å². The number of carbonyl (C=O) groups is 1. The summed E-state index contributed by atoms with van der Waals surface area (Å²) in [5.74, 6) is -0.749. The first-order chi connectivity index (χ1) is 9.61. The van der Waals surface area contributed by atoms with Crippen molar-refractivity contribution in [1.29, 1.82) is 0 Å². The van der Waals surface area contributed by atoms with Crippen LogP contribution < -0.4 is 5.73 Å². The summed E-state index contributed by atoms with van der Waals surface area (Å²) in [5.41, 5.74) is 6.55. The van der Waals surface area contributed by atoms with Gasteiger partial charge in [-0.15, -0.1) is 0 Å². The third-order valence-electron chi connectivity index (χ3n) is 3.13. The summed E-state index contributed by atoms with van der Waals surface area (Å²) in [4.78, 5) is 14.4. The highest BCUT2D eigenvalue weighted by atomic mass is 32.1. The average molecular weight is 294 g/mol. The summed E-state index contributed by atoms with van der Waals surface area (Å²) in [6, 6.07) is 9.29. The molecule has 1 aromatic rings. The normalized spacial score (nSPS) is 11.9. The van der Waals surface area contributed by atoms with E-state index in [9.17, 15) is 4.79 Å². The molecule has 110 valence electrons. The number of benzene rings is 1. The van der Waals surface area contributed by atoms with Crippen LogP contribution in [0.15, 0.2) is 30.3 Å². The highest BCUT2D eigenvalue weighted by Crippen LogP contribution is 2.19. The number of nitrogens with zero attached hydrogens (tertiary/aromatic N) is 1. The Hall–Kier alpha value is -1.46. The van der Waals surface area contributed by atoms with Crippen LogP contribution in [-0.2, 0) is 4.79 Å². The Morgan fingerprint density at radius 2 is 2.00 bits per heavy atom. The van der Waals surface area contributed by atoms with Gasteiger partial charge in [0.15, 0.2) is 0 Å². The predicted octanol–water partition coefficient (Wildman–Crippen LogP) is 1.68. The molecule has 3 N–H and O–H groups in total. The number of carbonyl (C=O) groups excluding carboxylic acids is 1. The maximum absolute atomic E-state index is 12.6. The Labute approximate surface area is 125 Å². The largest absolute Gasteiger partial charge is 0.395 e. The van der Waals surface area contributed by atoms with Gasteiger partial charge in [-0.05, 0) is 12.0 Å². The number of hydrogen-bond donors (Lipinski definition) is 2. The van der Waals surface area contributed by atoms with E-state index in [1.807, 2.05) is 30.3 Å². The van der Waals surface area contributed by atoms with E-state index in [0.29, 0.717) is 13.1 Å². The monoisotopic (exact) mass is 294 g/mol. The van der Waals surface area contributed by atoms with Crippen molar-refractivity contribution in [1.82, 2.24) is 4.90 Å². The lowest BCUT2D eigenvalue weighted by Gasteiger charge is -2.26. The van der Waals surface area contributed by atoms with E-state index < -0.39 is 5.92 Å². The second-order valence-electron chi connectivity index (χ2n) is 4.65. The van der Waals surface area contributed by atoms with E-state index in [-0.39, 0.29) is 17.5 Å². The minimum Gasteiger partial charge on any atom is -0.395 e. The zero-order valence-corrected chi connectivity index (χ0v) is 12.6. The van der Waals surface area contributed by atoms with Gasteiger partial charge in [0.05, 0.1) is 11.6 Å². The maximum Gasteiger partial charge on any atom is 0.237 e. The van der Waals surface area contributed by atoms with Crippen molar-refractivity contribution in [2.45, 2.75) is 25.7 Å². The molecule has 0 bridgehead atoms. The van der Waals surface area contributed by atoms with Crippen LogP contribution in [0, 0.1) is 0 Å². The van der Waals surface area contributed by atoms with Gasteiger partial charge in [-0.1, -0.05) is 55.9 Å². The van der Waals surface area contributed by atoms with Crippen LogP contribution >= 0.6 is 12.2 Å². The molecule has 0 fully saturated rings. The molecule has 0 saturated carbocycles. The van der Waals surface area contributed by atoms with Gasteiger partial charge in [0.25, 0.3) is 0 Å². The van der Waals surface area contributed by atoms with E-state index in [1.165, 1.54) is 0 Å². The van der Waals surface area contributed by atoms with Crippen molar-refractivity contribution >= 4 is 23.1 Å². The van der Waals surface area contributed by atoms with Crippen LogP contribution in [0.25, 0.3) is 0 Å². The molecule has 0 aromatic heterocycles. The molecular weight excluding hydrogens is 272 g/mol. The minimum atomic E-state index is -0.616. The van der Waals surface area contributed by atoms with Gasteiger partial charge in [-0.3, -0.25) is 4.79 Å². The number of hydrogen-bond acceptors (Lipinski definition) is 3. The number of nitrogens with two attached hydrogens (primary N) is 1. The molecule has 0 saturated heterocycles. The predicted molar refractivity (Wildman–Crippen MR) is 84.5 cm³/mol. The molecule has 20 heavy (non-hydrogen) atoms. The molecule has 0 aliphatic carbocycles. The van der Waals surface area contributed by atoms with Crippen LogP contribution in [0.2, 0.25) is 0 Å². The lowest BCUT2D eigenvalue weighted by molar-refractivity contribution is -0.131. The molecule has 0 heterocycles. The fourth-order valence-corrected chi connectivity index (χ4v) is 2.30. The number of rotatable bonds is 8. The second-order valence-corrected chi connectivity index (χ2v) is 5.12. The van der Waals surface area contributed by atoms with Crippen molar-refractivity contribution < 1.29 is 9.90 Å². The number of aliphatic hydroxyl groups is 1. The summed E-state index contributed by atoms with van der Waals surface area (Å²) < 4.78 is 0. The van der Waals surface area contributed by atoms with Gasteiger partial charge in [0.1, 0.15) is 5.92 Å². The van der Waals surface area contributed by atoms with E-state index in [1.54, 1.807) is 4.90 Å². The van der Waals surface area contributed by atoms with Crippen molar-refractivity contribution in [2.75, 3.05) is 19.7 Å². The lowest BCUT2D eigenvalue weighted by atomic mass is 9.97. The topological polar surface area (TPSA) is 66.6 Å². The average Bonchev–Trinajstić information content (AvgIpc) is 2.44. The molecular formula is C15H22N2O2S. The zero-order chi connectivity index (χ0) is 15.0. The Kier molecular flexibility index (Phi) is 7.18. The molecule has 1 unspecified atom stereocenters. The quantitative estimate of drug-likeness (QED) is 0.716. The molecule has 1 aromatic carbocycles. The zero-order valence-electron chi connectivity index (χ0n) is 11.8. The van der Waals surface area contributed by atoms with Gasteiger partial charge in [-0.2, -0.15) is 0 Å². The first-order valence-electron chi connectivity index (χ1n) is 6.85. The lowest BCUT2D eigenvalue weighted by Crippen LogP contribution is -2.41. The Bertz CT molecular complexity index is 437. The fraction of sp³-hybridized carbons (Fsp3) is 0.467. The molecule has 4 nitrogen and oxygen atoms in total. The van der Waals surface area contributed by atoms with Gasteiger partial charge in [0.2, 0.25) is 5.91 Å². The van der Waals surface area contributed by atoms with E-state index in [2.05, 4.69) is 6.92 Å². The molecule has 0 aliphatic rings. The summed E-state index contributed by atoms with van der Waals surface area (Å²) >= 11 is 5.06. The van der Waals surface area contributed by atoms with Crippen molar-refractivity contribution in [3.63, 3.8) is 0 Å². The summed E-state index contributed by atoms with van der Waals surface area (Å²) in [6.45, 7) is 2.92. The molecule has 5 heteroatoms. The van der Waals surface area contributed by atoms with Crippen molar-refractivity contribution in [3.8, 4) is 0 Å². The summed E-state index contributed by atoms with van der Waals surface area (Å²) in [5, 5.41) is 9.12. The SMILES string of the molecule is CCCCN(CCO)C(=O)C(C(N)=S)c1ccccc1. The van der Waals surface area contributed by atoms with E-state index in [4.69, 9.17) is 23.1 Å². The molecule has 0 spiro atoms. The number of aliphatic hydroxyl groups excluding tert-OH is 1. The molecule has 1 amide bonds. The van der Waals surface area contributed by atoms with Crippen LogP contribution in [0.5, 0.6) is 0 Å². The van der Waals surface area contributed by atoms with E-state index in [0.717, 1.165) is 18.4 Å². The van der Waals surface area contributed by atoms with Crippen LogP contribution in [0.3, 0.4) is 0 Å². The fourth-order valence-electron chi connectivity index (χ4n) is 2.06. The van der Waals surface area contributed by atoms with Gasteiger partial charge in [-0.25, -0.2) is 0 Å². The summed E-state index contributed by atoms with van der Waals surface area (Å²) in [6.07, 6.45) is 1.88. The molecule has 0 radical (unpaired) electrons. The second kappa shape index (κ2) is 8.66. The number of amides is 1. The molecule has 0 aliphatic heterocycles. The highest BCUT2D eigenvalue weighted by Gasteiger charge is 2.27. The Morgan fingerprint density at radius 3 is 2.50 bits per heavy atom. The van der Waals surface area contributed by atoms with Crippen LogP contribution in [0.4, 0.5) is 0 Å². The smallest absolute Gasteiger partial charge is 0.237 e. The third-order valence-corrected chi connectivity index (χ3v) is 3.36. The minimum absolute atomic E-state index is 0.0612. The summed E-state index contributed by atoms with van der Waals surface area (Å²) in [7, 11) is 0. The third kappa shape index (κ3) is 4.58. The van der Waals surface area contributed by atoms with E-state index >= 15 is 0 Å². The maximum atomic E-state index is 12.6. The highest BCUT2D eigenvalue weighted by molar-refractivity contribution is 7.80. The standard InChI is InChI=1S/C15H22N2O2S/c1-2-3-9-17(10-11-18)15(19)13(14(16)20)12-7-5-4-6-8-12/h4-8,13,18H,2-3,9-11H2,1H3,(H2,16,20). The first kappa shape index (κ1) is 16.6. The van der Waals surface area contributed by atoms with Crippen molar-refractivity contribution in [2.24, 2.45) is 5.73 Å². The Morgan fingerprint density at radius 1 is 1.35 bits per heavy atom. The van der Waals surface area contributed by atoms with Gasteiger partial charge >= 0.3 is 0 Å². The number of unbranched alkanes of at least 4 members (excludes halogenated alkanes) is 1. The Balaban J connectivity index is 2.94. The first-order valence-corrected chi connectivity index (χ1v) is 7.26. The van der Waals surface area contributed by atoms with Gasteiger partial charge < -0.3 is 15.7 Å². The molecule has 1 rings (SSSR count). The van der Waals surface area contributed by atoms with Crippen LogP contribution in [0.1, 0.15) is 31.2 Å². The number of thiocarbonyl (C=S) groups is 1. The van der Waals surface area contributed by atoms with Gasteiger partial charge in [0, 0.05) is 13.1 Å². The molecule has 1 atom stereocenters. The van der Waals surface area contributed by atoms with Crippen molar-refractivity contribution in [3.05, 3.63) is 35.9 Å².